The summed E-state index contributed by atoms with van der Waals surface area (Å²) in [7, 11) is 2.15. The van der Waals surface area contributed by atoms with E-state index in [9.17, 15) is 9.90 Å². The number of benzene rings is 1. The highest BCUT2D eigenvalue weighted by Crippen LogP contribution is 2.41. The Morgan fingerprint density at radius 3 is 1.85 bits per heavy atom. The average Bonchev–Trinajstić information content (AvgIpc) is 2.66. The minimum Gasteiger partial charge on any atom is -0.507 e. The van der Waals surface area contributed by atoms with Gasteiger partial charge in [-0.15, -0.1) is 0 Å². The number of carbonyl (C=O) groups excluding carboxylic acids is 1. The van der Waals surface area contributed by atoms with Crippen LogP contribution in [0.4, 0.5) is 0 Å². The molecule has 5 nitrogen and oxygen atoms in total. The summed E-state index contributed by atoms with van der Waals surface area (Å²) in [6.45, 7) is 23.2. The Bertz CT molecular complexity index is 875. The van der Waals surface area contributed by atoms with Crippen molar-refractivity contribution in [2.45, 2.75) is 124 Å². The normalized spacial score (nSPS) is 19.7. The van der Waals surface area contributed by atoms with Gasteiger partial charge in [-0.3, -0.25) is 4.90 Å². The van der Waals surface area contributed by atoms with Gasteiger partial charge >= 0.3 is 5.97 Å². The Morgan fingerprint density at radius 1 is 1.03 bits per heavy atom. The third kappa shape index (κ3) is 6.35. The van der Waals surface area contributed by atoms with Crippen molar-refractivity contribution in [2.75, 3.05) is 7.05 Å². The van der Waals surface area contributed by atoms with E-state index < -0.39 is 5.97 Å². The second kappa shape index (κ2) is 9.56. The van der Waals surface area contributed by atoms with E-state index in [0.717, 1.165) is 29.5 Å². The Labute approximate surface area is 207 Å². The molecule has 1 fully saturated rings. The van der Waals surface area contributed by atoms with E-state index in [4.69, 9.17) is 9.47 Å². The Hall–Kier alpha value is -2.01. The van der Waals surface area contributed by atoms with Crippen LogP contribution in [0.25, 0.3) is 0 Å². The number of likely N-dealkylation sites (tertiary alicyclic amines) is 1. The zero-order chi connectivity index (χ0) is 26.3. The van der Waals surface area contributed by atoms with Crippen molar-refractivity contribution in [3.05, 3.63) is 40.7 Å². The van der Waals surface area contributed by atoms with Crippen molar-refractivity contribution in [1.29, 1.82) is 0 Å². The molecule has 0 bridgehead atoms. The average molecular weight is 474 g/mol. The van der Waals surface area contributed by atoms with Gasteiger partial charge in [0, 0.05) is 23.9 Å². The fraction of sp³-hybridized carbons (Fsp3) is 0.690. The molecule has 2 rings (SSSR count). The van der Waals surface area contributed by atoms with Crippen molar-refractivity contribution < 1.29 is 19.4 Å². The molecule has 0 aromatic heterocycles. The lowest BCUT2D eigenvalue weighted by Crippen LogP contribution is -2.60. The summed E-state index contributed by atoms with van der Waals surface area (Å²) >= 11 is 0. The minimum atomic E-state index is -0.459. The van der Waals surface area contributed by atoms with Gasteiger partial charge in [-0.25, -0.2) is 4.79 Å². The van der Waals surface area contributed by atoms with Gasteiger partial charge < -0.3 is 14.6 Å². The molecule has 0 unspecified atom stereocenters. The molecule has 192 valence electrons. The number of hydrogen-bond donors (Lipinski definition) is 1. The highest BCUT2D eigenvalue weighted by molar-refractivity contribution is 5.86. The van der Waals surface area contributed by atoms with Gasteiger partial charge in [0.15, 0.2) is 0 Å². The molecular weight excluding hydrogens is 426 g/mol. The molecule has 1 N–H and O–H groups in total. The molecule has 0 atom stereocenters. The number of piperidine rings is 1. The molecule has 0 amide bonds. The highest BCUT2D eigenvalue weighted by atomic mass is 16.6. The van der Waals surface area contributed by atoms with Crippen molar-refractivity contribution in [2.24, 2.45) is 0 Å². The van der Waals surface area contributed by atoms with Crippen molar-refractivity contribution >= 4 is 5.97 Å². The first-order chi connectivity index (χ1) is 15.3. The van der Waals surface area contributed by atoms with Crippen LogP contribution < -0.4 is 0 Å². The maximum atomic E-state index is 13.0. The number of ether oxygens (including phenoxy) is 2. The number of hydrogen-bond acceptors (Lipinski definition) is 5. The number of allylic oxidation sites excluding steroid dienone is 1. The number of carbonyl (C=O) groups is 1. The standard InChI is InChI=1S/C29H47NO4/c1-13-23(34-20-16-28(8,9)30(12)29(10,11)17-20)25(32)33-18-19-14-21(26(2,3)4)24(31)22(15-19)27(5,6)7/h13-15,20,31H,16-18H2,1-12H3. The number of aromatic hydroxyl groups is 1. The SMILES string of the molecule is CC=C(OC1CC(C)(C)N(C)C(C)(C)C1)C(=O)OCc1cc(C(C)(C)C)c(O)c(C(C)(C)C)c1. The summed E-state index contributed by atoms with van der Waals surface area (Å²) in [4.78, 5) is 15.4. The smallest absolute Gasteiger partial charge is 0.373 e. The molecule has 1 aromatic rings. The topological polar surface area (TPSA) is 59.0 Å². The van der Waals surface area contributed by atoms with Crippen LogP contribution in [0.2, 0.25) is 0 Å². The van der Waals surface area contributed by atoms with Crippen LogP contribution in [-0.2, 0) is 31.7 Å². The minimum absolute atomic E-state index is 0.0338. The molecule has 0 spiro atoms. The zero-order valence-corrected chi connectivity index (χ0v) is 23.5. The predicted octanol–water partition coefficient (Wildman–Crippen LogP) is 6.60. The summed E-state index contributed by atoms with van der Waals surface area (Å²) in [5.74, 6) is 0.117. The van der Waals surface area contributed by atoms with Crippen molar-refractivity contribution in [3.8, 4) is 5.75 Å². The van der Waals surface area contributed by atoms with Crippen LogP contribution in [0, 0.1) is 0 Å². The van der Waals surface area contributed by atoms with Gasteiger partial charge in [-0.05, 0) is 87.4 Å². The number of phenolic OH excluding ortho intramolecular Hbond substituents is 1. The molecule has 5 heteroatoms. The summed E-state index contributed by atoms with van der Waals surface area (Å²) in [6, 6.07) is 3.88. The fourth-order valence-electron chi connectivity index (χ4n) is 4.92. The van der Waals surface area contributed by atoms with E-state index >= 15 is 0 Å². The van der Waals surface area contributed by atoms with E-state index in [2.05, 4.69) is 81.2 Å². The largest absolute Gasteiger partial charge is 0.507 e. The predicted molar refractivity (Wildman–Crippen MR) is 139 cm³/mol. The highest BCUT2D eigenvalue weighted by Gasteiger charge is 2.44. The summed E-state index contributed by atoms with van der Waals surface area (Å²) < 4.78 is 11.9. The molecule has 1 aliphatic rings. The Balaban J connectivity index is 2.20. The Kier molecular flexibility index (Phi) is 7.94. The molecule has 0 aliphatic carbocycles. The quantitative estimate of drug-likeness (QED) is 0.296. The monoisotopic (exact) mass is 473 g/mol. The molecule has 1 saturated heterocycles. The van der Waals surface area contributed by atoms with Crippen LogP contribution >= 0.6 is 0 Å². The Morgan fingerprint density at radius 2 is 1.47 bits per heavy atom. The lowest BCUT2D eigenvalue weighted by atomic mass is 9.78. The first kappa shape index (κ1) is 28.2. The van der Waals surface area contributed by atoms with Crippen LogP contribution in [0.3, 0.4) is 0 Å². The summed E-state index contributed by atoms with van der Waals surface area (Å²) in [5, 5.41) is 10.9. The van der Waals surface area contributed by atoms with Gasteiger partial charge in [0.1, 0.15) is 18.5 Å². The number of esters is 1. The molecule has 1 aromatic carbocycles. The molecule has 1 aliphatic heterocycles. The second-order valence-corrected chi connectivity index (χ2v) is 13.1. The van der Waals surface area contributed by atoms with E-state index in [1.165, 1.54) is 0 Å². The number of rotatable bonds is 5. The van der Waals surface area contributed by atoms with Gasteiger partial charge in [0.25, 0.3) is 0 Å². The zero-order valence-electron chi connectivity index (χ0n) is 23.5. The maximum absolute atomic E-state index is 13.0. The van der Waals surface area contributed by atoms with Gasteiger partial charge in [0.2, 0.25) is 5.76 Å². The van der Waals surface area contributed by atoms with Gasteiger partial charge in [-0.1, -0.05) is 41.5 Å². The first-order valence-corrected chi connectivity index (χ1v) is 12.4. The summed E-state index contributed by atoms with van der Waals surface area (Å²) in [5.41, 5.74) is 2.01. The molecule has 1 heterocycles. The first-order valence-electron chi connectivity index (χ1n) is 12.4. The van der Waals surface area contributed by atoms with Crippen molar-refractivity contribution in [1.82, 2.24) is 4.90 Å². The third-order valence-corrected chi connectivity index (χ3v) is 7.18. The van der Waals surface area contributed by atoms with Crippen molar-refractivity contribution in [3.63, 3.8) is 0 Å². The second-order valence-electron chi connectivity index (χ2n) is 13.1. The fourth-order valence-corrected chi connectivity index (χ4v) is 4.92. The van der Waals surface area contributed by atoms with Crippen LogP contribution in [0.1, 0.15) is 106 Å². The van der Waals surface area contributed by atoms with Gasteiger partial charge in [0.05, 0.1) is 0 Å². The van der Waals surface area contributed by atoms with E-state index in [0.29, 0.717) is 5.75 Å². The molecule has 0 radical (unpaired) electrons. The molecular formula is C29H47NO4. The molecule has 0 saturated carbocycles. The van der Waals surface area contributed by atoms with Crippen LogP contribution in [0.15, 0.2) is 24.0 Å². The van der Waals surface area contributed by atoms with Crippen LogP contribution in [-0.4, -0.2) is 40.2 Å². The van der Waals surface area contributed by atoms with Gasteiger partial charge in [-0.2, -0.15) is 0 Å². The lowest BCUT2D eigenvalue weighted by Gasteiger charge is -2.53. The van der Waals surface area contributed by atoms with E-state index in [1.54, 1.807) is 13.0 Å². The number of phenols is 1. The van der Waals surface area contributed by atoms with E-state index in [-0.39, 0.29) is 40.4 Å². The third-order valence-electron chi connectivity index (χ3n) is 7.18. The summed E-state index contributed by atoms with van der Waals surface area (Å²) in [6.07, 6.45) is 3.30. The van der Waals surface area contributed by atoms with E-state index in [1.807, 2.05) is 12.1 Å². The maximum Gasteiger partial charge on any atom is 0.373 e. The lowest BCUT2D eigenvalue weighted by molar-refractivity contribution is -0.148. The molecule has 34 heavy (non-hydrogen) atoms. The number of nitrogens with zero attached hydrogens (tertiary/aromatic N) is 1. The van der Waals surface area contributed by atoms with Crippen LogP contribution in [0.5, 0.6) is 5.75 Å².